The van der Waals surface area contributed by atoms with Crippen molar-refractivity contribution >= 4 is 10.8 Å². The molecular weight excluding hydrogens is 229 g/mol. The highest BCUT2D eigenvalue weighted by atomic mass is 19.1. The van der Waals surface area contributed by atoms with Crippen LogP contribution >= 0.6 is 0 Å². The number of hydrogen-bond acceptors (Lipinski definition) is 1. The lowest BCUT2D eigenvalue weighted by atomic mass is 9.98. The highest BCUT2D eigenvalue weighted by Gasteiger charge is 2.15. The summed E-state index contributed by atoms with van der Waals surface area (Å²) in [6.07, 6.45) is 0.982. The number of benzene rings is 2. The van der Waals surface area contributed by atoms with Gasteiger partial charge in [-0.2, -0.15) is 0 Å². The molecule has 3 aromatic rings. The normalized spacial score (nSPS) is 12.8. The summed E-state index contributed by atoms with van der Waals surface area (Å²) >= 11 is 0. The zero-order chi connectivity index (χ0) is 12.5. The van der Waals surface area contributed by atoms with E-state index >= 15 is 0 Å². The monoisotopic (exact) mass is 241 g/mol. The van der Waals surface area contributed by atoms with Crippen LogP contribution in [-0.2, 0) is 0 Å². The summed E-state index contributed by atoms with van der Waals surface area (Å²) in [4.78, 5) is 2.97. The van der Waals surface area contributed by atoms with E-state index in [1.807, 2.05) is 24.3 Å². The first-order valence-electron chi connectivity index (χ1n) is 5.76. The Balaban J connectivity index is 2.21. The smallest absolute Gasteiger partial charge is 0.131 e. The highest BCUT2D eigenvalue weighted by molar-refractivity contribution is 5.86. The Labute approximate surface area is 104 Å². The van der Waals surface area contributed by atoms with Crippen LogP contribution in [-0.4, -0.2) is 10.1 Å². The average molecular weight is 241 g/mol. The van der Waals surface area contributed by atoms with Gasteiger partial charge in [-0.3, -0.25) is 0 Å². The minimum atomic E-state index is -0.773. The minimum Gasteiger partial charge on any atom is -0.382 e. The molecule has 0 amide bonds. The number of nitrogens with one attached hydrogen (secondary N) is 1. The predicted molar refractivity (Wildman–Crippen MR) is 68.8 cm³/mol. The number of hydrogen-bond donors (Lipinski definition) is 2. The number of aliphatic hydroxyl groups is 1. The van der Waals surface area contributed by atoms with Crippen LogP contribution in [0.5, 0.6) is 0 Å². The van der Waals surface area contributed by atoms with Gasteiger partial charge in [0.1, 0.15) is 11.9 Å². The van der Waals surface area contributed by atoms with Gasteiger partial charge in [-0.15, -0.1) is 0 Å². The van der Waals surface area contributed by atoms with Gasteiger partial charge in [-0.25, -0.2) is 4.39 Å². The molecule has 2 aromatic carbocycles. The Morgan fingerprint density at radius 1 is 0.944 bits per heavy atom. The number of aliphatic hydroxyl groups excluding tert-OH is 1. The van der Waals surface area contributed by atoms with Gasteiger partial charge in [0.15, 0.2) is 0 Å². The Kier molecular flexibility index (Phi) is 2.61. The van der Waals surface area contributed by atoms with Gasteiger partial charge in [0, 0.05) is 17.3 Å². The van der Waals surface area contributed by atoms with Gasteiger partial charge in [0.2, 0.25) is 0 Å². The summed E-state index contributed by atoms with van der Waals surface area (Å²) < 4.78 is 13.7. The second-order valence-electron chi connectivity index (χ2n) is 4.21. The second-order valence-corrected chi connectivity index (χ2v) is 4.21. The third-order valence-electron chi connectivity index (χ3n) is 3.12. The summed E-state index contributed by atoms with van der Waals surface area (Å²) in [5.74, 6) is -0.270. The summed E-state index contributed by atoms with van der Waals surface area (Å²) in [6, 6.07) is 13.8. The first kappa shape index (κ1) is 11.0. The van der Waals surface area contributed by atoms with E-state index in [9.17, 15) is 9.50 Å². The summed E-state index contributed by atoms with van der Waals surface area (Å²) in [5.41, 5.74) is 1.40. The number of aromatic nitrogens is 1. The third-order valence-corrected chi connectivity index (χ3v) is 3.12. The molecule has 0 spiro atoms. The van der Waals surface area contributed by atoms with E-state index in [1.165, 1.54) is 6.07 Å². The molecule has 0 radical (unpaired) electrons. The molecule has 90 valence electrons. The van der Waals surface area contributed by atoms with Crippen molar-refractivity contribution in [2.45, 2.75) is 6.10 Å². The summed E-state index contributed by atoms with van der Waals surface area (Å²) in [6.45, 7) is 0. The van der Waals surface area contributed by atoms with Gasteiger partial charge in [-0.05, 0) is 29.1 Å². The van der Waals surface area contributed by atoms with Crippen LogP contribution in [0.25, 0.3) is 10.8 Å². The zero-order valence-corrected chi connectivity index (χ0v) is 9.60. The molecule has 0 saturated heterocycles. The first-order valence-corrected chi connectivity index (χ1v) is 5.76. The molecule has 0 aliphatic carbocycles. The zero-order valence-electron chi connectivity index (χ0n) is 9.60. The molecule has 1 unspecified atom stereocenters. The van der Waals surface area contributed by atoms with Crippen LogP contribution in [0.2, 0.25) is 0 Å². The maximum Gasteiger partial charge on any atom is 0.131 e. The Morgan fingerprint density at radius 3 is 2.44 bits per heavy atom. The molecular formula is C15H12FNO. The first-order chi connectivity index (χ1) is 8.77. The third kappa shape index (κ3) is 1.69. The fraction of sp³-hybridized carbons (Fsp3) is 0.0667. The maximum absolute atomic E-state index is 13.7. The van der Waals surface area contributed by atoms with Crippen molar-refractivity contribution in [1.29, 1.82) is 0 Å². The van der Waals surface area contributed by atoms with Gasteiger partial charge in [0.05, 0.1) is 0 Å². The van der Waals surface area contributed by atoms with Gasteiger partial charge >= 0.3 is 0 Å². The van der Waals surface area contributed by atoms with Crippen LogP contribution in [0.1, 0.15) is 17.4 Å². The van der Waals surface area contributed by atoms with Crippen molar-refractivity contribution in [3.8, 4) is 0 Å². The average Bonchev–Trinajstić information content (AvgIpc) is 2.93. The number of halogens is 1. The molecule has 0 saturated carbocycles. The van der Waals surface area contributed by atoms with Crippen LogP contribution < -0.4 is 0 Å². The number of aromatic amines is 1. The number of fused-ring (bicyclic) bond motifs is 1. The molecule has 1 aromatic heterocycles. The number of rotatable bonds is 2. The van der Waals surface area contributed by atoms with Crippen LogP contribution in [0.15, 0.2) is 54.7 Å². The molecule has 18 heavy (non-hydrogen) atoms. The SMILES string of the molecule is OC(c1ccc[nH]1)c1ccc(F)c2ccccc12. The van der Waals surface area contributed by atoms with Gasteiger partial charge in [0.25, 0.3) is 0 Å². The topological polar surface area (TPSA) is 36.0 Å². The van der Waals surface area contributed by atoms with E-state index in [4.69, 9.17) is 0 Å². The fourth-order valence-corrected chi connectivity index (χ4v) is 2.21. The van der Waals surface area contributed by atoms with Crippen molar-refractivity contribution in [3.63, 3.8) is 0 Å². The van der Waals surface area contributed by atoms with Crippen molar-refractivity contribution in [2.24, 2.45) is 0 Å². The summed E-state index contributed by atoms with van der Waals surface area (Å²) in [5, 5.41) is 11.6. The van der Waals surface area contributed by atoms with E-state index in [2.05, 4.69) is 4.98 Å². The Morgan fingerprint density at radius 2 is 1.72 bits per heavy atom. The molecule has 3 rings (SSSR count). The molecule has 2 nitrogen and oxygen atoms in total. The predicted octanol–water partition coefficient (Wildman–Crippen LogP) is 3.39. The lowest BCUT2D eigenvalue weighted by Crippen LogP contribution is -2.01. The largest absolute Gasteiger partial charge is 0.382 e. The lowest BCUT2D eigenvalue weighted by molar-refractivity contribution is 0.217. The quantitative estimate of drug-likeness (QED) is 0.708. The van der Waals surface area contributed by atoms with Crippen molar-refractivity contribution < 1.29 is 9.50 Å². The summed E-state index contributed by atoms with van der Waals surface area (Å²) in [7, 11) is 0. The Hall–Kier alpha value is -2.13. The van der Waals surface area contributed by atoms with Gasteiger partial charge in [-0.1, -0.05) is 30.3 Å². The van der Waals surface area contributed by atoms with E-state index in [0.29, 0.717) is 16.6 Å². The maximum atomic E-state index is 13.7. The van der Waals surface area contributed by atoms with E-state index in [1.54, 1.807) is 24.4 Å². The van der Waals surface area contributed by atoms with Crippen molar-refractivity contribution in [3.05, 3.63) is 71.8 Å². The van der Waals surface area contributed by atoms with Crippen molar-refractivity contribution in [1.82, 2.24) is 4.98 Å². The van der Waals surface area contributed by atoms with Crippen LogP contribution in [0.4, 0.5) is 4.39 Å². The number of H-pyrrole nitrogens is 1. The molecule has 3 heteroatoms. The van der Waals surface area contributed by atoms with Gasteiger partial charge < -0.3 is 10.1 Å². The standard InChI is InChI=1S/C15H12FNO/c16-13-8-7-12(10-4-1-2-5-11(10)13)15(18)14-6-3-9-17-14/h1-9,15,17-18H. The molecule has 0 fully saturated rings. The van der Waals surface area contributed by atoms with E-state index in [0.717, 1.165) is 5.39 Å². The van der Waals surface area contributed by atoms with E-state index < -0.39 is 6.10 Å². The highest BCUT2D eigenvalue weighted by Crippen LogP contribution is 2.29. The fourth-order valence-electron chi connectivity index (χ4n) is 2.21. The molecule has 0 bridgehead atoms. The molecule has 1 heterocycles. The molecule has 0 aliphatic heterocycles. The second kappa shape index (κ2) is 4.27. The van der Waals surface area contributed by atoms with E-state index in [-0.39, 0.29) is 5.82 Å². The lowest BCUT2D eigenvalue weighted by Gasteiger charge is -2.13. The van der Waals surface area contributed by atoms with Crippen molar-refractivity contribution in [2.75, 3.05) is 0 Å². The molecule has 0 aliphatic rings. The molecule has 1 atom stereocenters. The molecule has 2 N–H and O–H groups in total. The minimum absolute atomic E-state index is 0.270. The van der Waals surface area contributed by atoms with Crippen LogP contribution in [0, 0.1) is 5.82 Å². The van der Waals surface area contributed by atoms with Crippen LogP contribution in [0.3, 0.4) is 0 Å². The Bertz CT molecular complexity index is 676.